The summed E-state index contributed by atoms with van der Waals surface area (Å²) in [6.45, 7) is 0. The number of aromatic carboxylic acids is 1. The summed E-state index contributed by atoms with van der Waals surface area (Å²) >= 11 is 0. The lowest BCUT2D eigenvalue weighted by molar-refractivity contribution is 0.0697. The van der Waals surface area contributed by atoms with Crippen LogP contribution in [-0.2, 0) is 0 Å². The van der Waals surface area contributed by atoms with Gasteiger partial charge in [-0.3, -0.25) is 0 Å². The lowest BCUT2D eigenvalue weighted by atomic mass is 10.2. The molecule has 64 valence electrons. The van der Waals surface area contributed by atoms with Crippen molar-refractivity contribution in [2.45, 2.75) is 0 Å². The van der Waals surface area contributed by atoms with Gasteiger partial charge in [-0.05, 0) is 24.2 Å². The number of benzene rings is 1. The number of hydrogen-bond acceptors (Lipinski definition) is 2. The lowest BCUT2D eigenvalue weighted by Gasteiger charge is -2.11. The molecule has 1 rings (SSSR count). The second-order valence-electron chi connectivity index (χ2n) is 2.58. The Hall–Kier alpha value is -1.51. The van der Waals surface area contributed by atoms with Gasteiger partial charge in [0.05, 0.1) is 8.30 Å². The van der Waals surface area contributed by atoms with E-state index >= 15 is 0 Å². The van der Waals surface area contributed by atoms with Gasteiger partial charge >= 0.3 is 5.97 Å². The molecule has 0 saturated heterocycles. The molecule has 12 heavy (non-hydrogen) atoms. The van der Waals surface area contributed by atoms with E-state index in [4.69, 9.17) is 7.85 Å². The van der Waals surface area contributed by atoms with E-state index in [1.165, 1.54) is 12.1 Å². The van der Waals surface area contributed by atoms with Crippen LogP contribution in [0, 0.1) is 0 Å². The average molecular weight is 167 g/mol. The Kier molecular flexibility index (Phi) is 1.64. The van der Waals surface area contributed by atoms with Crippen molar-refractivity contribution in [3.63, 3.8) is 0 Å². The maximum absolute atomic E-state index is 10.6. The van der Waals surface area contributed by atoms with Gasteiger partial charge in [0.15, 0.2) is 0 Å². The SMILES string of the molecule is [2H]c1cc(C(=O)O)cc([2H])c1N(C)C. The number of rotatable bonds is 2. The van der Waals surface area contributed by atoms with Crippen LogP contribution in [0.15, 0.2) is 24.2 Å². The predicted octanol–water partition coefficient (Wildman–Crippen LogP) is 1.45. The highest BCUT2D eigenvalue weighted by Crippen LogP contribution is 2.11. The Morgan fingerprint density at radius 1 is 1.50 bits per heavy atom. The Morgan fingerprint density at radius 2 is 2.00 bits per heavy atom. The van der Waals surface area contributed by atoms with Gasteiger partial charge < -0.3 is 10.0 Å². The van der Waals surface area contributed by atoms with Crippen LogP contribution < -0.4 is 4.90 Å². The van der Waals surface area contributed by atoms with Crippen molar-refractivity contribution < 1.29 is 12.6 Å². The van der Waals surface area contributed by atoms with E-state index in [2.05, 4.69) is 0 Å². The third kappa shape index (κ3) is 1.75. The van der Waals surface area contributed by atoms with Gasteiger partial charge in [-0.25, -0.2) is 4.79 Å². The molecule has 0 unspecified atom stereocenters. The van der Waals surface area contributed by atoms with Crippen LogP contribution >= 0.6 is 0 Å². The minimum absolute atomic E-state index is 0.0226. The zero-order chi connectivity index (χ0) is 10.9. The molecule has 3 heteroatoms. The molecule has 0 saturated carbocycles. The molecule has 0 fully saturated rings. The number of carboxylic acids is 1. The fraction of sp³-hybridized carbons (Fsp3) is 0.222. The second-order valence-corrected chi connectivity index (χ2v) is 2.58. The lowest BCUT2D eigenvalue weighted by Crippen LogP contribution is -2.08. The molecule has 0 radical (unpaired) electrons. The zero-order valence-corrected chi connectivity index (χ0v) is 6.96. The molecular weight excluding hydrogens is 154 g/mol. The van der Waals surface area contributed by atoms with Crippen LogP contribution in [0.4, 0.5) is 5.69 Å². The average Bonchev–Trinajstić information content (AvgIpc) is 2.01. The molecule has 0 spiro atoms. The summed E-state index contributed by atoms with van der Waals surface area (Å²) in [4.78, 5) is 12.2. The predicted molar refractivity (Wildman–Crippen MR) is 47.7 cm³/mol. The summed E-state index contributed by atoms with van der Waals surface area (Å²) in [6, 6.07) is 2.60. The first-order valence-corrected chi connectivity index (χ1v) is 3.45. The van der Waals surface area contributed by atoms with Gasteiger partial charge in [-0.1, -0.05) is 0 Å². The molecule has 0 atom stereocenters. The van der Waals surface area contributed by atoms with Crippen molar-refractivity contribution in [1.29, 1.82) is 0 Å². The van der Waals surface area contributed by atoms with E-state index in [1.54, 1.807) is 19.0 Å². The number of carboxylic acid groups (broad SMARTS) is 1. The maximum Gasteiger partial charge on any atom is 0.335 e. The highest BCUT2D eigenvalue weighted by atomic mass is 16.4. The van der Waals surface area contributed by atoms with Gasteiger partial charge in [0.1, 0.15) is 0 Å². The fourth-order valence-corrected chi connectivity index (χ4v) is 0.757. The standard InChI is InChI=1S/C9H11NO2/c1-10(2)8-5-3-7(4-6-8)9(11)12/h3-6H,1-2H3,(H,11,12)/i5D,6D. The van der Waals surface area contributed by atoms with Gasteiger partial charge in [0.2, 0.25) is 0 Å². The van der Waals surface area contributed by atoms with Gasteiger partial charge in [0.25, 0.3) is 0 Å². The van der Waals surface area contributed by atoms with E-state index in [9.17, 15) is 4.79 Å². The molecular formula is C9H11NO2. The minimum Gasteiger partial charge on any atom is -0.478 e. The summed E-state index contributed by atoms with van der Waals surface area (Å²) in [6.07, 6.45) is 0. The smallest absolute Gasteiger partial charge is 0.335 e. The molecule has 0 aliphatic heterocycles. The van der Waals surface area contributed by atoms with E-state index in [-0.39, 0.29) is 17.6 Å². The van der Waals surface area contributed by atoms with E-state index in [0.717, 1.165) is 0 Å². The Bertz CT molecular complexity index is 354. The van der Waals surface area contributed by atoms with Gasteiger partial charge in [0, 0.05) is 19.8 Å². The third-order valence-corrected chi connectivity index (χ3v) is 1.42. The van der Waals surface area contributed by atoms with Crippen LogP contribution in [-0.4, -0.2) is 25.2 Å². The van der Waals surface area contributed by atoms with E-state index in [1.807, 2.05) is 0 Å². The van der Waals surface area contributed by atoms with E-state index < -0.39 is 5.97 Å². The third-order valence-electron chi connectivity index (χ3n) is 1.42. The highest BCUT2D eigenvalue weighted by Gasteiger charge is 2.01. The van der Waals surface area contributed by atoms with Crippen molar-refractivity contribution in [2.24, 2.45) is 0 Å². The molecule has 0 bridgehead atoms. The topological polar surface area (TPSA) is 40.5 Å². The van der Waals surface area contributed by atoms with Crippen molar-refractivity contribution >= 4 is 11.7 Å². The van der Waals surface area contributed by atoms with E-state index in [0.29, 0.717) is 5.69 Å². The maximum atomic E-state index is 10.6. The van der Waals surface area contributed by atoms with Crippen LogP contribution in [0.1, 0.15) is 13.1 Å². The Balaban J connectivity index is 3.32. The summed E-state index contributed by atoms with van der Waals surface area (Å²) in [5, 5.41) is 8.68. The summed E-state index contributed by atoms with van der Waals surface area (Å²) in [5.74, 6) is -1.11. The van der Waals surface area contributed by atoms with Crippen molar-refractivity contribution in [2.75, 3.05) is 19.0 Å². The van der Waals surface area contributed by atoms with Crippen molar-refractivity contribution in [1.82, 2.24) is 0 Å². The molecule has 0 heterocycles. The number of hydrogen-bond donors (Lipinski definition) is 1. The monoisotopic (exact) mass is 167 g/mol. The number of nitrogens with zero attached hydrogens (tertiary/aromatic N) is 1. The minimum atomic E-state index is -1.11. The summed E-state index contributed by atoms with van der Waals surface area (Å²) in [7, 11) is 3.43. The zero-order valence-electron chi connectivity index (χ0n) is 8.96. The normalized spacial score (nSPS) is 11.8. The van der Waals surface area contributed by atoms with Crippen molar-refractivity contribution in [3.05, 3.63) is 29.8 Å². The van der Waals surface area contributed by atoms with Gasteiger partial charge in [-0.15, -0.1) is 0 Å². The first-order valence-electron chi connectivity index (χ1n) is 4.45. The molecule has 3 nitrogen and oxygen atoms in total. The Morgan fingerprint density at radius 3 is 2.33 bits per heavy atom. The molecule has 0 amide bonds. The first kappa shape index (κ1) is 6.06. The van der Waals surface area contributed by atoms with Crippen LogP contribution in [0.5, 0.6) is 0 Å². The molecule has 0 aliphatic rings. The number of carbonyl (C=O) groups is 1. The van der Waals surface area contributed by atoms with Crippen LogP contribution in [0.2, 0.25) is 0 Å². The second kappa shape index (κ2) is 3.26. The summed E-state index contributed by atoms with van der Waals surface area (Å²) < 4.78 is 15.1. The Labute approximate surface area is 74.1 Å². The van der Waals surface area contributed by atoms with Crippen molar-refractivity contribution in [3.8, 4) is 0 Å². The molecule has 1 aromatic rings. The van der Waals surface area contributed by atoms with Crippen LogP contribution in [0.3, 0.4) is 0 Å². The largest absolute Gasteiger partial charge is 0.478 e. The summed E-state index contributed by atoms with van der Waals surface area (Å²) in [5.41, 5.74) is 0.403. The highest BCUT2D eigenvalue weighted by molar-refractivity contribution is 5.88. The molecule has 0 aromatic heterocycles. The molecule has 1 aromatic carbocycles. The molecule has 0 aliphatic carbocycles. The quantitative estimate of drug-likeness (QED) is 0.724. The van der Waals surface area contributed by atoms with Gasteiger partial charge in [-0.2, -0.15) is 0 Å². The first-order chi connectivity index (χ1) is 6.43. The fourth-order valence-electron chi connectivity index (χ4n) is 0.757. The number of anilines is 1. The van der Waals surface area contributed by atoms with Crippen LogP contribution in [0.25, 0.3) is 0 Å². The molecule has 1 N–H and O–H groups in total.